The zero-order chi connectivity index (χ0) is 13.0. The number of benzene rings is 1. The third-order valence-corrected chi connectivity index (χ3v) is 3.43. The Kier molecular flexibility index (Phi) is 4.32. The number of ether oxygens (including phenoxy) is 2. The van der Waals surface area contributed by atoms with Crippen molar-refractivity contribution in [2.75, 3.05) is 27.3 Å². The highest BCUT2D eigenvalue weighted by atomic mass is 16.5. The van der Waals surface area contributed by atoms with Crippen LogP contribution in [0.4, 0.5) is 0 Å². The first-order chi connectivity index (χ1) is 8.78. The first-order valence-corrected chi connectivity index (χ1v) is 6.04. The third-order valence-electron chi connectivity index (χ3n) is 3.43. The molecule has 0 saturated carbocycles. The number of nitrogens with zero attached hydrogens (tertiary/aromatic N) is 2. The first kappa shape index (κ1) is 13.0. The van der Waals surface area contributed by atoms with Crippen molar-refractivity contribution < 1.29 is 9.47 Å². The van der Waals surface area contributed by atoms with Gasteiger partial charge in [0, 0.05) is 33.9 Å². The van der Waals surface area contributed by atoms with Crippen molar-refractivity contribution in [1.29, 1.82) is 5.26 Å². The summed E-state index contributed by atoms with van der Waals surface area (Å²) in [4.78, 5) is 2.26. The van der Waals surface area contributed by atoms with Crippen LogP contribution >= 0.6 is 0 Å². The second kappa shape index (κ2) is 5.96. The average Bonchev–Trinajstić information content (AvgIpc) is 2.81. The smallest absolute Gasteiger partial charge is 0.0995 e. The van der Waals surface area contributed by atoms with Gasteiger partial charge in [0.1, 0.15) is 0 Å². The highest BCUT2D eigenvalue weighted by molar-refractivity contribution is 5.37. The summed E-state index contributed by atoms with van der Waals surface area (Å²) in [6, 6.07) is 9.94. The van der Waals surface area contributed by atoms with Crippen LogP contribution < -0.4 is 0 Å². The molecule has 0 radical (unpaired) electrons. The molecular weight excluding hydrogens is 228 g/mol. The Labute approximate surface area is 108 Å². The minimum Gasteiger partial charge on any atom is -0.377 e. The molecule has 1 heterocycles. The predicted octanol–water partition coefficient (Wildman–Crippen LogP) is 1.40. The van der Waals surface area contributed by atoms with Gasteiger partial charge in [-0.25, -0.2) is 0 Å². The van der Waals surface area contributed by atoms with Crippen molar-refractivity contribution in [3.63, 3.8) is 0 Å². The summed E-state index contributed by atoms with van der Waals surface area (Å²) < 4.78 is 10.8. The van der Waals surface area contributed by atoms with E-state index in [0.29, 0.717) is 0 Å². The monoisotopic (exact) mass is 246 g/mol. The van der Waals surface area contributed by atoms with Gasteiger partial charge in [0.25, 0.3) is 0 Å². The number of hydrogen-bond donors (Lipinski definition) is 0. The Morgan fingerprint density at radius 3 is 2.39 bits per heavy atom. The van der Waals surface area contributed by atoms with E-state index in [1.165, 1.54) is 0 Å². The number of rotatable bonds is 4. The Bertz CT molecular complexity index is 430. The summed E-state index contributed by atoms with van der Waals surface area (Å²) in [5, 5.41) is 9.07. The molecule has 4 heteroatoms. The molecule has 2 unspecified atom stereocenters. The highest BCUT2D eigenvalue weighted by Crippen LogP contribution is 2.19. The Hall–Kier alpha value is -1.41. The fraction of sp³-hybridized carbons (Fsp3) is 0.500. The topological polar surface area (TPSA) is 45.5 Å². The summed E-state index contributed by atoms with van der Waals surface area (Å²) in [6.45, 7) is 2.45. The summed E-state index contributed by atoms with van der Waals surface area (Å²) in [6.07, 6.45) is 0.230. The molecule has 0 aliphatic carbocycles. The molecule has 1 saturated heterocycles. The van der Waals surface area contributed by atoms with Crippen molar-refractivity contribution in [3.8, 4) is 6.07 Å². The second-order valence-electron chi connectivity index (χ2n) is 4.51. The zero-order valence-corrected chi connectivity index (χ0v) is 10.8. The number of methoxy groups -OCH3 is 2. The maximum absolute atomic E-state index is 9.07. The standard InChI is InChI=1S/C14H18N2O2/c1-17-13-9-16(10-14(13)18-2)8-12-6-4-3-5-11(12)7-15/h3-6,13-14H,8-10H2,1-2H3. The van der Waals surface area contributed by atoms with Crippen LogP contribution in [0.15, 0.2) is 24.3 Å². The molecule has 0 bridgehead atoms. The molecule has 18 heavy (non-hydrogen) atoms. The minimum atomic E-state index is 0.115. The van der Waals surface area contributed by atoms with Gasteiger partial charge in [0.15, 0.2) is 0 Å². The average molecular weight is 246 g/mol. The minimum absolute atomic E-state index is 0.115. The van der Waals surface area contributed by atoms with Crippen LogP contribution in [-0.4, -0.2) is 44.4 Å². The third kappa shape index (κ3) is 2.70. The molecule has 1 aromatic carbocycles. The van der Waals surface area contributed by atoms with Gasteiger partial charge >= 0.3 is 0 Å². The predicted molar refractivity (Wildman–Crippen MR) is 68.0 cm³/mol. The molecule has 96 valence electrons. The van der Waals surface area contributed by atoms with E-state index >= 15 is 0 Å². The number of nitriles is 1. The van der Waals surface area contributed by atoms with Gasteiger partial charge < -0.3 is 9.47 Å². The van der Waals surface area contributed by atoms with Gasteiger partial charge in [-0.1, -0.05) is 18.2 Å². The van der Waals surface area contributed by atoms with E-state index in [0.717, 1.165) is 30.8 Å². The Balaban J connectivity index is 2.05. The van der Waals surface area contributed by atoms with Gasteiger partial charge in [-0.05, 0) is 11.6 Å². The zero-order valence-electron chi connectivity index (χ0n) is 10.8. The Morgan fingerprint density at radius 1 is 1.22 bits per heavy atom. The molecule has 4 nitrogen and oxygen atoms in total. The molecule has 0 spiro atoms. The summed E-state index contributed by atoms with van der Waals surface area (Å²) in [5.41, 5.74) is 1.80. The number of hydrogen-bond acceptors (Lipinski definition) is 4. The van der Waals surface area contributed by atoms with Gasteiger partial charge in [-0.3, -0.25) is 4.90 Å². The van der Waals surface area contributed by atoms with Gasteiger partial charge in [-0.2, -0.15) is 5.26 Å². The fourth-order valence-corrected chi connectivity index (χ4v) is 2.41. The van der Waals surface area contributed by atoms with Crippen LogP contribution in [0, 0.1) is 11.3 Å². The van der Waals surface area contributed by atoms with E-state index in [2.05, 4.69) is 11.0 Å². The van der Waals surface area contributed by atoms with Crippen molar-refractivity contribution in [2.45, 2.75) is 18.8 Å². The Morgan fingerprint density at radius 2 is 1.83 bits per heavy atom. The van der Waals surface area contributed by atoms with E-state index in [9.17, 15) is 0 Å². The lowest BCUT2D eigenvalue weighted by Gasteiger charge is -2.15. The molecule has 2 rings (SSSR count). The summed E-state index contributed by atoms with van der Waals surface area (Å²) >= 11 is 0. The molecule has 0 aromatic heterocycles. The largest absolute Gasteiger partial charge is 0.377 e. The SMILES string of the molecule is COC1CN(Cc2ccccc2C#N)CC1OC. The highest BCUT2D eigenvalue weighted by Gasteiger charge is 2.32. The molecular formula is C14H18N2O2. The van der Waals surface area contributed by atoms with E-state index in [-0.39, 0.29) is 12.2 Å². The van der Waals surface area contributed by atoms with E-state index in [1.807, 2.05) is 24.3 Å². The molecule has 0 N–H and O–H groups in total. The lowest BCUT2D eigenvalue weighted by Crippen LogP contribution is -2.27. The molecule has 2 atom stereocenters. The van der Waals surface area contributed by atoms with Crippen molar-refractivity contribution in [1.82, 2.24) is 4.90 Å². The second-order valence-corrected chi connectivity index (χ2v) is 4.51. The molecule has 1 fully saturated rings. The summed E-state index contributed by atoms with van der Waals surface area (Å²) in [5.74, 6) is 0. The lowest BCUT2D eigenvalue weighted by atomic mass is 10.1. The van der Waals surface area contributed by atoms with Crippen LogP contribution in [0.25, 0.3) is 0 Å². The van der Waals surface area contributed by atoms with Crippen LogP contribution in [0.5, 0.6) is 0 Å². The molecule has 1 aliphatic heterocycles. The molecule has 1 aromatic rings. The fourth-order valence-electron chi connectivity index (χ4n) is 2.41. The quantitative estimate of drug-likeness (QED) is 0.805. The molecule has 1 aliphatic rings. The van der Waals surface area contributed by atoms with Crippen molar-refractivity contribution in [3.05, 3.63) is 35.4 Å². The first-order valence-electron chi connectivity index (χ1n) is 6.04. The van der Waals surface area contributed by atoms with E-state index < -0.39 is 0 Å². The van der Waals surface area contributed by atoms with Crippen LogP contribution in [-0.2, 0) is 16.0 Å². The van der Waals surface area contributed by atoms with Crippen LogP contribution in [0.1, 0.15) is 11.1 Å². The van der Waals surface area contributed by atoms with Crippen LogP contribution in [0.2, 0.25) is 0 Å². The summed E-state index contributed by atoms with van der Waals surface area (Å²) in [7, 11) is 3.42. The maximum atomic E-state index is 9.07. The van der Waals surface area contributed by atoms with Gasteiger partial charge in [0.2, 0.25) is 0 Å². The van der Waals surface area contributed by atoms with E-state index in [4.69, 9.17) is 14.7 Å². The van der Waals surface area contributed by atoms with E-state index in [1.54, 1.807) is 14.2 Å². The normalized spacial score (nSPS) is 24.1. The van der Waals surface area contributed by atoms with Crippen LogP contribution in [0.3, 0.4) is 0 Å². The lowest BCUT2D eigenvalue weighted by molar-refractivity contribution is -0.00461. The van der Waals surface area contributed by atoms with Gasteiger partial charge in [0.05, 0.1) is 23.8 Å². The van der Waals surface area contributed by atoms with Crippen molar-refractivity contribution in [2.24, 2.45) is 0 Å². The van der Waals surface area contributed by atoms with Crippen molar-refractivity contribution >= 4 is 0 Å². The maximum Gasteiger partial charge on any atom is 0.0995 e. The molecule has 0 amide bonds. The number of likely N-dealkylation sites (tertiary alicyclic amines) is 1. The van der Waals surface area contributed by atoms with Gasteiger partial charge in [-0.15, -0.1) is 0 Å².